The minimum atomic E-state index is -0.511. The molecule has 1 heterocycles. The zero-order valence-corrected chi connectivity index (χ0v) is 18.6. The molecule has 0 radical (unpaired) electrons. The van der Waals surface area contributed by atoms with Crippen molar-refractivity contribution in [3.05, 3.63) is 35.9 Å². The van der Waals surface area contributed by atoms with Crippen LogP contribution in [-0.2, 0) is 14.3 Å². The number of piperidine rings is 1. The number of halogens is 1. The molecule has 1 aliphatic rings. The van der Waals surface area contributed by atoms with Crippen molar-refractivity contribution >= 4 is 22.8 Å². The van der Waals surface area contributed by atoms with Gasteiger partial charge in [0.05, 0.1) is 19.2 Å². The Balaban J connectivity index is 2.44. The predicted molar refractivity (Wildman–Crippen MR) is 116 cm³/mol. The van der Waals surface area contributed by atoms with Crippen molar-refractivity contribution in [1.82, 2.24) is 5.32 Å². The Labute approximate surface area is 178 Å². The first-order valence-corrected chi connectivity index (χ1v) is 11.8. The Hall–Kier alpha value is -1.40. The number of thioether (sulfide) groups is 1. The van der Waals surface area contributed by atoms with E-state index >= 15 is 0 Å². The van der Waals surface area contributed by atoms with Crippen LogP contribution in [0.1, 0.15) is 58.1 Å². The van der Waals surface area contributed by atoms with Gasteiger partial charge in [-0.25, -0.2) is 0 Å². The zero-order chi connectivity index (χ0) is 21.2. The van der Waals surface area contributed by atoms with Crippen LogP contribution in [0.15, 0.2) is 30.3 Å². The number of carbonyl (C=O) groups excluding carboxylic acids is 2. The molecule has 0 aromatic heterocycles. The molecule has 1 aromatic carbocycles. The van der Waals surface area contributed by atoms with Crippen molar-refractivity contribution in [3.8, 4) is 0 Å². The van der Waals surface area contributed by atoms with Gasteiger partial charge in [-0.15, -0.1) is 0 Å². The molecule has 0 amide bonds. The van der Waals surface area contributed by atoms with Crippen molar-refractivity contribution in [3.63, 3.8) is 0 Å². The summed E-state index contributed by atoms with van der Waals surface area (Å²) < 4.78 is 18.0. The van der Waals surface area contributed by atoms with Crippen LogP contribution in [0.5, 0.6) is 0 Å². The molecule has 5 unspecified atom stereocenters. The lowest BCUT2D eigenvalue weighted by Gasteiger charge is -2.46. The van der Waals surface area contributed by atoms with E-state index in [4.69, 9.17) is 4.74 Å². The number of alkyl halides is 1. The normalized spacial score (nSPS) is 26.8. The molecule has 6 heteroatoms. The molecule has 162 valence electrons. The number of benzene rings is 1. The number of rotatable bonds is 10. The molecule has 4 nitrogen and oxygen atoms in total. The number of esters is 1. The lowest BCUT2D eigenvalue weighted by Crippen LogP contribution is -2.56. The fourth-order valence-corrected chi connectivity index (χ4v) is 5.26. The third-order valence-electron chi connectivity index (χ3n) is 5.68. The van der Waals surface area contributed by atoms with Crippen LogP contribution in [0.4, 0.5) is 4.39 Å². The van der Waals surface area contributed by atoms with Crippen LogP contribution in [-0.4, -0.2) is 36.2 Å². The summed E-state index contributed by atoms with van der Waals surface area (Å²) in [6.45, 7) is 5.71. The molecular formula is C23H34FNO3S. The van der Waals surface area contributed by atoms with Gasteiger partial charge in [0.2, 0.25) is 0 Å². The smallest absolute Gasteiger partial charge is 0.311 e. The molecule has 29 heavy (non-hydrogen) atoms. The van der Waals surface area contributed by atoms with Crippen LogP contribution in [0.3, 0.4) is 0 Å². The van der Waals surface area contributed by atoms with E-state index in [1.807, 2.05) is 37.3 Å². The topological polar surface area (TPSA) is 55.4 Å². The quantitative estimate of drug-likeness (QED) is 0.427. The van der Waals surface area contributed by atoms with E-state index < -0.39 is 12.6 Å². The van der Waals surface area contributed by atoms with Gasteiger partial charge in [0.15, 0.2) is 5.12 Å². The van der Waals surface area contributed by atoms with Crippen molar-refractivity contribution in [2.75, 3.05) is 19.0 Å². The third kappa shape index (κ3) is 6.05. The molecule has 5 atom stereocenters. The molecule has 1 fully saturated rings. The van der Waals surface area contributed by atoms with Crippen LogP contribution in [0.25, 0.3) is 0 Å². The van der Waals surface area contributed by atoms with Crippen LogP contribution >= 0.6 is 11.8 Å². The highest BCUT2D eigenvalue weighted by atomic mass is 32.2. The van der Waals surface area contributed by atoms with Crippen LogP contribution in [0.2, 0.25) is 0 Å². The first-order chi connectivity index (χ1) is 14.1. The Morgan fingerprint density at radius 3 is 2.45 bits per heavy atom. The first kappa shape index (κ1) is 23.9. The number of hydrogen-bond acceptors (Lipinski definition) is 5. The molecule has 2 rings (SSSR count). The predicted octanol–water partition coefficient (Wildman–Crippen LogP) is 4.94. The van der Waals surface area contributed by atoms with Gasteiger partial charge in [0, 0.05) is 24.4 Å². The SMILES string of the molecule is CCCC1C(C(=O)SCC)C(CC)NC(c2ccccc2)C1C(=O)OCCCF. The van der Waals surface area contributed by atoms with Crippen LogP contribution in [0, 0.1) is 17.8 Å². The maximum Gasteiger partial charge on any atom is 0.311 e. The highest BCUT2D eigenvalue weighted by molar-refractivity contribution is 8.13. The monoisotopic (exact) mass is 423 g/mol. The highest BCUT2D eigenvalue weighted by Gasteiger charge is 2.50. The molecule has 1 N–H and O–H groups in total. The maximum absolute atomic E-state index is 13.2. The standard InChI is InChI=1S/C23H34FNO3S/c1-4-11-17-19(23(27)29-6-3)18(5-2)25-21(16-12-8-7-9-13-16)20(17)22(26)28-15-10-14-24/h7-9,12-13,17-21,25H,4-6,10-11,14-15H2,1-3H3. The summed E-state index contributed by atoms with van der Waals surface area (Å²) in [5.74, 6) is -0.402. The minimum absolute atomic E-state index is 0.0122. The Morgan fingerprint density at radius 2 is 1.86 bits per heavy atom. The van der Waals surface area contributed by atoms with Crippen molar-refractivity contribution in [2.24, 2.45) is 17.8 Å². The van der Waals surface area contributed by atoms with E-state index in [1.54, 1.807) is 0 Å². The first-order valence-electron chi connectivity index (χ1n) is 10.8. The minimum Gasteiger partial charge on any atom is -0.465 e. The number of carbonyl (C=O) groups is 2. The Morgan fingerprint density at radius 1 is 1.14 bits per heavy atom. The van der Waals surface area contributed by atoms with Crippen molar-refractivity contribution < 1.29 is 18.7 Å². The second kappa shape index (κ2) is 12.3. The van der Waals surface area contributed by atoms with E-state index in [0.717, 1.165) is 30.6 Å². The van der Waals surface area contributed by atoms with Gasteiger partial charge in [-0.2, -0.15) is 0 Å². The summed E-state index contributed by atoms with van der Waals surface area (Å²) in [7, 11) is 0. The summed E-state index contributed by atoms with van der Waals surface area (Å²) in [6, 6.07) is 9.69. The fourth-order valence-electron chi connectivity index (χ4n) is 4.45. The summed E-state index contributed by atoms with van der Waals surface area (Å²) in [4.78, 5) is 26.2. The van der Waals surface area contributed by atoms with Gasteiger partial charge in [-0.3, -0.25) is 14.0 Å². The highest BCUT2D eigenvalue weighted by Crippen LogP contribution is 2.44. The average Bonchev–Trinajstić information content (AvgIpc) is 2.73. The van der Waals surface area contributed by atoms with Crippen molar-refractivity contribution in [1.29, 1.82) is 0 Å². The summed E-state index contributed by atoms with van der Waals surface area (Å²) in [5, 5.41) is 3.76. The zero-order valence-electron chi connectivity index (χ0n) is 17.7. The van der Waals surface area contributed by atoms with E-state index in [2.05, 4.69) is 19.2 Å². The van der Waals surface area contributed by atoms with E-state index in [9.17, 15) is 14.0 Å². The van der Waals surface area contributed by atoms with Gasteiger partial charge in [-0.1, -0.05) is 69.3 Å². The Bertz CT molecular complexity index is 642. The average molecular weight is 424 g/mol. The maximum atomic E-state index is 13.2. The van der Waals surface area contributed by atoms with Gasteiger partial charge < -0.3 is 10.1 Å². The second-order valence-electron chi connectivity index (χ2n) is 7.54. The fraction of sp³-hybridized carbons (Fsp3) is 0.652. The summed E-state index contributed by atoms with van der Waals surface area (Å²) >= 11 is 1.34. The summed E-state index contributed by atoms with van der Waals surface area (Å²) in [5.41, 5.74) is 1.02. The number of hydrogen-bond donors (Lipinski definition) is 1. The van der Waals surface area contributed by atoms with Crippen LogP contribution < -0.4 is 5.32 Å². The van der Waals surface area contributed by atoms with Gasteiger partial charge >= 0.3 is 5.97 Å². The van der Waals surface area contributed by atoms with Gasteiger partial charge in [-0.05, 0) is 30.1 Å². The molecule has 1 saturated heterocycles. The number of nitrogens with one attached hydrogen (secondary N) is 1. The molecule has 1 aromatic rings. The van der Waals surface area contributed by atoms with Gasteiger partial charge in [0.1, 0.15) is 0 Å². The number of ether oxygens (including phenoxy) is 1. The molecular weight excluding hydrogens is 389 g/mol. The Kier molecular flexibility index (Phi) is 10.2. The van der Waals surface area contributed by atoms with E-state index in [-0.39, 0.29) is 48.0 Å². The van der Waals surface area contributed by atoms with Crippen molar-refractivity contribution in [2.45, 2.75) is 58.5 Å². The molecule has 0 saturated carbocycles. The van der Waals surface area contributed by atoms with E-state index in [1.165, 1.54) is 11.8 Å². The lowest BCUT2D eigenvalue weighted by atomic mass is 9.67. The van der Waals surface area contributed by atoms with E-state index in [0.29, 0.717) is 0 Å². The largest absolute Gasteiger partial charge is 0.465 e. The molecule has 0 bridgehead atoms. The summed E-state index contributed by atoms with van der Waals surface area (Å²) in [6.07, 6.45) is 2.68. The molecule has 0 aliphatic carbocycles. The van der Waals surface area contributed by atoms with Gasteiger partial charge in [0.25, 0.3) is 0 Å². The molecule has 0 spiro atoms. The third-order valence-corrected chi connectivity index (χ3v) is 6.53. The lowest BCUT2D eigenvalue weighted by molar-refractivity contribution is -0.156. The second-order valence-corrected chi connectivity index (χ2v) is 8.80. The molecule has 1 aliphatic heterocycles.